The van der Waals surface area contributed by atoms with Crippen LogP contribution in [0.2, 0.25) is 0 Å². The van der Waals surface area contributed by atoms with Gasteiger partial charge in [0.1, 0.15) is 5.75 Å². The van der Waals surface area contributed by atoms with Crippen molar-refractivity contribution in [2.75, 3.05) is 50.8 Å². The molecule has 2 saturated heterocycles. The summed E-state index contributed by atoms with van der Waals surface area (Å²) in [6.07, 6.45) is -1.06. The largest absolute Gasteiger partial charge is 0.484 e. The zero-order valence-electron chi connectivity index (χ0n) is 14.6. The highest BCUT2D eigenvalue weighted by Crippen LogP contribution is 2.43. The van der Waals surface area contributed by atoms with Gasteiger partial charge in [-0.3, -0.25) is 9.69 Å². The number of thioether (sulfide) groups is 2. The Morgan fingerprint density at radius 2 is 1.77 bits per heavy atom. The van der Waals surface area contributed by atoms with Crippen LogP contribution in [-0.2, 0) is 4.79 Å². The zero-order chi connectivity index (χ0) is 18.4. The lowest BCUT2D eigenvalue weighted by Crippen LogP contribution is -2.50. The Bertz CT molecular complexity index is 575. The van der Waals surface area contributed by atoms with Gasteiger partial charge >= 0.3 is 0 Å². The van der Waals surface area contributed by atoms with Crippen LogP contribution in [0.25, 0.3) is 0 Å². The van der Waals surface area contributed by atoms with Gasteiger partial charge in [-0.2, -0.15) is 0 Å². The molecule has 1 aromatic carbocycles. The number of hydrogen-bond donors (Lipinski definition) is 0. The first-order valence-corrected chi connectivity index (χ1v) is 11.0. The molecule has 2 aliphatic heterocycles. The summed E-state index contributed by atoms with van der Waals surface area (Å²) in [5.41, 5.74) is 1.29. The van der Waals surface area contributed by atoms with Crippen molar-refractivity contribution in [3.05, 3.63) is 29.8 Å². The van der Waals surface area contributed by atoms with Crippen LogP contribution < -0.4 is 4.74 Å². The number of ether oxygens (including phenoxy) is 1. The summed E-state index contributed by atoms with van der Waals surface area (Å²) in [5, 5.41) is 0. The van der Waals surface area contributed by atoms with E-state index in [0.717, 1.165) is 0 Å². The number of halogens is 2. The first-order chi connectivity index (χ1) is 12.6. The molecule has 0 aliphatic carbocycles. The van der Waals surface area contributed by atoms with Crippen molar-refractivity contribution in [1.82, 2.24) is 9.80 Å². The third kappa shape index (κ3) is 5.76. The van der Waals surface area contributed by atoms with E-state index in [2.05, 4.69) is 12.1 Å². The minimum atomic E-state index is -2.33. The summed E-state index contributed by atoms with van der Waals surface area (Å²) in [4.78, 5) is 15.6. The molecule has 2 heterocycles. The Hall–Kier alpha value is -0.990. The van der Waals surface area contributed by atoms with Gasteiger partial charge < -0.3 is 9.64 Å². The van der Waals surface area contributed by atoms with Crippen LogP contribution in [-0.4, -0.2) is 73.0 Å². The number of benzene rings is 1. The summed E-state index contributed by atoms with van der Waals surface area (Å²) in [5.74, 6) is 3.00. The molecule has 8 heteroatoms. The van der Waals surface area contributed by atoms with E-state index in [-0.39, 0.29) is 19.1 Å². The van der Waals surface area contributed by atoms with E-state index in [1.807, 2.05) is 35.7 Å². The second-order valence-electron chi connectivity index (χ2n) is 6.36. The molecule has 0 spiro atoms. The molecule has 4 nitrogen and oxygen atoms in total. The number of carbonyl (C=O) groups is 1. The minimum Gasteiger partial charge on any atom is -0.484 e. The van der Waals surface area contributed by atoms with Gasteiger partial charge in [0.05, 0.1) is 11.1 Å². The number of hydrogen-bond acceptors (Lipinski definition) is 5. The van der Waals surface area contributed by atoms with Gasteiger partial charge in [0.15, 0.2) is 6.61 Å². The maximum Gasteiger partial charge on any atom is 0.260 e. The zero-order valence-corrected chi connectivity index (χ0v) is 16.2. The van der Waals surface area contributed by atoms with Crippen LogP contribution in [0.3, 0.4) is 0 Å². The molecule has 0 atom stereocenters. The summed E-state index contributed by atoms with van der Waals surface area (Å²) < 4.78 is 30.9. The summed E-state index contributed by atoms with van der Waals surface area (Å²) >= 11 is 3.95. The fourth-order valence-electron chi connectivity index (χ4n) is 3.01. The van der Waals surface area contributed by atoms with Gasteiger partial charge in [-0.1, -0.05) is 12.1 Å². The Morgan fingerprint density at radius 1 is 1.12 bits per heavy atom. The van der Waals surface area contributed by atoms with E-state index in [9.17, 15) is 13.6 Å². The van der Waals surface area contributed by atoms with Crippen LogP contribution in [0, 0.1) is 0 Å². The van der Waals surface area contributed by atoms with Crippen LogP contribution >= 0.6 is 23.5 Å². The number of carbonyl (C=O) groups excluding carboxylic acids is 1. The molecular weight excluding hydrogens is 378 g/mol. The third-order valence-electron chi connectivity index (χ3n) is 4.46. The quantitative estimate of drug-likeness (QED) is 0.729. The van der Waals surface area contributed by atoms with Crippen molar-refractivity contribution in [3.63, 3.8) is 0 Å². The van der Waals surface area contributed by atoms with E-state index in [0.29, 0.717) is 36.5 Å². The van der Waals surface area contributed by atoms with Crippen molar-refractivity contribution < 1.29 is 18.3 Å². The van der Waals surface area contributed by atoms with E-state index < -0.39 is 6.43 Å². The molecule has 0 unspecified atom stereocenters. The molecule has 2 fully saturated rings. The maximum absolute atomic E-state index is 12.4. The molecule has 0 radical (unpaired) electrons. The molecule has 0 bridgehead atoms. The topological polar surface area (TPSA) is 32.8 Å². The van der Waals surface area contributed by atoms with Gasteiger partial charge in [0, 0.05) is 26.2 Å². The third-order valence-corrected chi connectivity index (χ3v) is 7.48. The van der Waals surface area contributed by atoms with E-state index in [4.69, 9.17) is 4.74 Å². The minimum absolute atomic E-state index is 0.0128. The first kappa shape index (κ1) is 19.8. The molecule has 0 N–H and O–H groups in total. The average Bonchev–Trinajstić information content (AvgIpc) is 2.67. The molecule has 2 aliphatic rings. The fourth-order valence-corrected chi connectivity index (χ4v) is 5.91. The van der Waals surface area contributed by atoms with Crippen LogP contribution in [0.4, 0.5) is 8.78 Å². The van der Waals surface area contributed by atoms with Gasteiger partial charge in [0.25, 0.3) is 12.3 Å². The second kappa shape index (κ2) is 9.80. The van der Waals surface area contributed by atoms with Crippen molar-refractivity contribution in [3.8, 4) is 5.75 Å². The lowest BCUT2D eigenvalue weighted by atomic mass is 10.2. The number of nitrogens with zero attached hydrogens (tertiary/aromatic N) is 2. The molecule has 0 aromatic heterocycles. The van der Waals surface area contributed by atoms with Crippen molar-refractivity contribution in [1.29, 1.82) is 0 Å². The van der Waals surface area contributed by atoms with Crippen LogP contribution in [0.1, 0.15) is 16.6 Å². The molecule has 1 amide bonds. The van der Waals surface area contributed by atoms with E-state index in [1.165, 1.54) is 23.5 Å². The molecule has 3 rings (SSSR count). The Morgan fingerprint density at radius 3 is 2.38 bits per heavy atom. The van der Waals surface area contributed by atoms with Crippen molar-refractivity contribution >= 4 is 29.4 Å². The summed E-state index contributed by atoms with van der Waals surface area (Å²) in [7, 11) is 0. The lowest BCUT2D eigenvalue weighted by molar-refractivity contribution is -0.135. The average molecular weight is 403 g/mol. The monoisotopic (exact) mass is 402 g/mol. The molecule has 0 saturated carbocycles. The normalized spacial score (nSPS) is 19.7. The van der Waals surface area contributed by atoms with Crippen molar-refractivity contribution in [2.24, 2.45) is 0 Å². The van der Waals surface area contributed by atoms with E-state index >= 15 is 0 Å². The highest BCUT2D eigenvalue weighted by Gasteiger charge is 2.23. The molecular formula is C18H24F2N2O2S2. The van der Waals surface area contributed by atoms with Crippen LogP contribution in [0.15, 0.2) is 24.3 Å². The number of amides is 1. The van der Waals surface area contributed by atoms with Crippen LogP contribution in [0.5, 0.6) is 5.75 Å². The highest BCUT2D eigenvalue weighted by molar-refractivity contribution is 8.16. The number of alkyl halides is 2. The smallest absolute Gasteiger partial charge is 0.260 e. The Balaban J connectivity index is 1.42. The van der Waals surface area contributed by atoms with Crippen molar-refractivity contribution in [2.45, 2.75) is 17.4 Å². The fraction of sp³-hybridized carbons (Fsp3) is 0.611. The number of piperazine rings is 1. The van der Waals surface area contributed by atoms with Gasteiger partial charge in [-0.15, -0.1) is 23.5 Å². The van der Waals surface area contributed by atoms with Gasteiger partial charge in [-0.25, -0.2) is 8.78 Å². The van der Waals surface area contributed by atoms with Gasteiger partial charge in [0.2, 0.25) is 0 Å². The van der Waals surface area contributed by atoms with Gasteiger partial charge in [-0.05, 0) is 35.6 Å². The Labute approximate surface area is 161 Å². The second-order valence-corrected chi connectivity index (χ2v) is 9.08. The maximum atomic E-state index is 12.4. The summed E-state index contributed by atoms with van der Waals surface area (Å²) in [6.45, 7) is 1.69. The first-order valence-electron chi connectivity index (χ1n) is 8.86. The molecule has 1 aromatic rings. The predicted octanol–water partition coefficient (Wildman–Crippen LogP) is 3.34. The number of rotatable bonds is 6. The molecule has 26 heavy (non-hydrogen) atoms. The SMILES string of the molecule is O=C(COc1ccc(C2SCCCS2)cc1)N1CCN(CC(F)F)CC1. The van der Waals surface area contributed by atoms with E-state index in [1.54, 1.807) is 9.80 Å². The standard InChI is InChI=1S/C18H24F2N2O2S2/c19-16(20)12-21-6-8-22(9-7-21)17(23)13-24-15-4-2-14(3-5-15)18-25-10-1-11-26-18/h2-5,16,18H,1,6-13H2. The predicted molar refractivity (Wildman–Crippen MR) is 103 cm³/mol. The highest BCUT2D eigenvalue weighted by atomic mass is 32.2. The lowest BCUT2D eigenvalue weighted by Gasteiger charge is -2.34. The summed E-state index contributed by atoms with van der Waals surface area (Å²) in [6, 6.07) is 7.97. The molecule has 144 valence electrons. The Kier molecular flexibility index (Phi) is 7.45.